The summed E-state index contributed by atoms with van der Waals surface area (Å²) in [6, 6.07) is 19.8. The Morgan fingerprint density at radius 2 is 1.68 bits per heavy atom. The number of pyridine rings is 1. The van der Waals surface area contributed by atoms with E-state index < -0.39 is 0 Å². The number of piperidine rings is 1. The van der Waals surface area contributed by atoms with Gasteiger partial charge in [0.25, 0.3) is 11.8 Å². The highest BCUT2D eigenvalue weighted by Crippen LogP contribution is 2.25. The summed E-state index contributed by atoms with van der Waals surface area (Å²) in [5.41, 5.74) is 3.99. The second-order valence-corrected chi connectivity index (χ2v) is 9.91. The Hall–Kier alpha value is -3.71. The zero-order chi connectivity index (χ0) is 25.6. The Bertz CT molecular complexity index is 1220. The van der Waals surface area contributed by atoms with Crippen LogP contribution in [-0.2, 0) is 11.2 Å². The fraction of sp³-hybridized carbons (Fsp3) is 0.367. The van der Waals surface area contributed by atoms with Gasteiger partial charge >= 0.3 is 0 Å². The maximum Gasteiger partial charge on any atom is 0.257 e. The summed E-state index contributed by atoms with van der Waals surface area (Å²) < 4.78 is 5.39. The lowest BCUT2D eigenvalue weighted by molar-refractivity contribution is 0.0690. The predicted octanol–water partition coefficient (Wildman–Crippen LogP) is 4.57. The first kappa shape index (κ1) is 25.0. The van der Waals surface area contributed by atoms with Crippen molar-refractivity contribution >= 4 is 23.3 Å². The van der Waals surface area contributed by atoms with Gasteiger partial charge in [-0.15, -0.1) is 0 Å². The normalized spacial score (nSPS) is 16.5. The molecule has 0 bridgehead atoms. The SMILES string of the molecule is Cc1ccc(C(=O)N2CCC(Cc3ccccc3)CC2)cc1NC(=O)c1ccc(N2CCOCC2)nc1. The monoisotopic (exact) mass is 498 g/mol. The van der Waals surface area contributed by atoms with Gasteiger partial charge in [0.15, 0.2) is 0 Å². The number of likely N-dealkylation sites (tertiary alicyclic amines) is 1. The van der Waals surface area contributed by atoms with Crippen molar-refractivity contribution < 1.29 is 14.3 Å². The van der Waals surface area contributed by atoms with Crippen LogP contribution in [0.3, 0.4) is 0 Å². The number of amides is 2. The molecule has 2 saturated heterocycles. The van der Waals surface area contributed by atoms with Crippen molar-refractivity contribution in [1.82, 2.24) is 9.88 Å². The Labute approximate surface area is 218 Å². The Morgan fingerprint density at radius 3 is 2.38 bits per heavy atom. The molecule has 2 aromatic carbocycles. The molecule has 5 rings (SSSR count). The molecule has 2 aliphatic rings. The summed E-state index contributed by atoms with van der Waals surface area (Å²) in [7, 11) is 0. The van der Waals surface area contributed by atoms with Crippen LogP contribution in [0.4, 0.5) is 11.5 Å². The third-order valence-corrected chi connectivity index (χ3v) is 7.35. The second-order valence-electron chi connectivity index (χ2n) is 9.91. The molecule has 192 valence electrons. The predicted molar refractivity (Wildman–Crippen MR) is 145 cm³/mol. The van der Waals surface area contributed by atoms with Gasteiger partial charge in [0.1, 0.15) is 5.82 Å². The number of ether oxygens (including phenoxy) is 1. The number of carbonyl (C=O) groups is 2. The zero-order valence-corrected chi connectivity index (χ0v) is 21.4. The van der Waals surface area contributed by atoms with Crippen molar-refractivity contribution in [3.63, 3.8) is 0 Å². The van der Waals surface area contributed by atoms with E-state index in [-0.39, 0.29) is 11.8 Å². The number of anilines is 2. The van der Waals surface area contributed by atoms with Crippen molar-refractivity contribution in [1.29, 1.82) is 0 Å². The Balaban J connectivity index is 1.19. The number of carbonyl (C=O) groups excluding carboxylic acids is 2. The summed E-state index contributed by atoms with van der Waals surface area (Å²) in [6.07, 6.45) is 4.67. The minimum atomic E-state index is -0.240. The van der Waals surface area contributed by atoms with Gasteiger partial charge in [-0.05, 0) is 67.5 Å². The van der Waals surface area contributed by atoms with Gasteiger partial charge in [-0.1, -0.05) is 36.4 Å². The van der Waals surface area contributed by atoms with Gasteiger partial charge in [0.2, 0.25) is 0 Å². The summed E-state index contributed by atoms with van der Waals surface area (Å²) in [5.74, 6) is 1.22. The molecule has 3 aromatic rings. The summed E-state index contributed by atoms with van der Waals surface area (Å²) in [4.78, 5) is 34.8. The number of nitrogens with zero attached hydrogens (tertiary/aromatic N) is 3. The van der Waals surface area contributed by atoms with Crippen LogP contribution in [0.5, 0.6) is 0 Å². The Kier molecular flexibility index (Phi) is 7.80. The van der Waals surface area contributed by atoms with Crippen molar-refractivity contribution in [3.8, 4) is 0 Å². The Morgan fingerprint density at radius 1 is 0.946 bits per heavy atom. The number of morpholine rings is 1. The smallest absolute Gasteiger partial charge is 0.257 e. The average Bonchev–Trinajstić information content (AvgIpc) is 2.95. The van der Waals surface area contributed by atoms with Gasteiger partial charge in [-0.3, -0.25) is 9.59 Å². The molecule has 37 heavy (non-hydrogen) atoms. The third kappa shape index (κ3) is 6.17. The molecule has 0 spiro atoms. The molecule has 7 heteroatoms. The fourth-order valence-corrected chi connectivity index (χ4v) is 5.05. The summed E-state index contributed by atoms with van der Waals surface area (Å²) in [6.45, 7) is 6.40. The van der Waals surface area contributed by atoms with E-state index in [2.05, 4.69) is 39.5 Å². The molecule has 0 atom stereocenters. The van der Waals surface area contributed by atoms with E-state index in [1.54, 1.807) is 18.3 Å². The van der Waals surface area contributed by atoms with Crippen molar-refractivity contribution in [3.05, 3.63) is 89.1 Å². The van der Waals surface area contributed by atoms with Crippen molar-refractivity contribution in [2.75, 3.05) is 49.6 Å². The lowest BCUT2D eigenvalue weighted by Crippen LogP contribution is -2.39. The van der Waals surface area contributed by atoms with E-state index in [4.69, 9.17) is 4.74 Å². The molecular formula is C30H34N4O3. The molecule has 2 fully saturated rings. The van der Waals surface area contributed by atoms with Crippen molar-refractivity contribution in [2.45, 2.75) is 26.2 Å². The van der Waals surface area contributed by atoms with Gasteiger partial charge in [-0.2, -0.15) is 0 Å². The van der Waals surface area contributed by atoms with E-state index >= 15 is 0 Å². The molecule has 2 aliphatic heterocycles. The number of aryl methyl sites for hydroxylation is 1. The highest BCUT2D eigenvalue weighted by molar-refractivity contribution is 6.05. The quantitative estimate of drug-likeness (QED) is 0.539. The number of rotatable bonds is 6. The largest absolute Gasteiger partial charge is 0.378 e. The number of hydrogen-bond donors (Lipinski definition) is 1. The van der Waals surface area contributed by atoms with Crippen LogP contribution in [0.2, 0.25) is 0 Å². The number of hydrogen-bond acceptors (Lipinski definition) is 5. The lowest BCUT2D eigenvalue weighted by Gasteiger charge is -2.32. The fourth-order valence-electron chi connectivity index (χ4n) is 5.05. The average molecular weight is 499 g/mol. The van der Waals surface area contributed by atoms with E-state index in [0.717, 1.165) is 56.8 Å². The highest BCUT2D eigenvalue weighted by atomic mass is 16.5. The number of aromatic nitrogens is 1. The lowest BCUT2D eigenvalue weighted by atomic mass is 9.90. The van der Waals surface area contributed by atoms with Gasteiger partial charge in [-0.25, -0.2) is 4.98 Å². The molecule has 0 aliphatic carbocycles. The van der Waals surface area contributed by atoms with Gasteiger partial charge in [0.05, 0.1) is 18.8 Å². The van der Waals surface area contributed by atoms with Crippen LogP contribution >= 0.6 is 0 Å². The summed E-state index contributed by atoms with van der Waals surface area (Å²) >= 11 is 0. The molecule has 1 aromatic heterocycles. The molecular weight excluding hydrogens is 464 g/mol. The molecule has 2 amide bonds. The van der Waals surface area contributed by atoms with Crippen LogP contribution < -0.4 is 10.2 Å². The minimum absolute atomic E-state index is 0.0187. The number of nitrogens with one attached hydrogen (secondary N) is 1. The van der Waals surface area contributed by atoms with E-state index in [1.165, 1.54) is 5.56 Å². The molecule has 1 N–H and O–H groups in total. The van der Waals surface area contributed by atoms with Crippen LogP contribution in [0.15, 0.2) is 66.9 Å². The van der Waals surface area contributed by atoms with Crippen molar-refractivity contribution in [2.24, 2.45) is 5.92 Å². The molecule has 0 unspecified atom stereocenters. The molecule has 3 heterocycles. The topological polar surface area (TPSA) is 74.8 Å². The van der Waals surface area contributed by atoms with E-state index in [9.17, 15) is 9.59 Å². The van der Waals surface area contributed by atoms with E-state index in [1.807, 2.05) is 36.1 Å². The second kappa shape index (κ2) is 11.6. The van der Waals surface area contributed by atoms with Crippen LogP contribution in [0.25, 0.3) is 0 Å². The number of benzene rings is 2. The molecule has 0 saturated carbocycles. The van der Waals surface area contributed by atoms with Gasteiger partial charge in [0, 0.05) is 43.6 Å². The standard InChI is InChI=1S/C30H34N4O3/c1-22-7-8-25(30(36)34-13-11-24(12-14-34)19-23-5-3-2-4-6-23)20-27(22)32-29(35)26-9-10-28(31-21-26)33-15-17-37-18-16-33/h2-10,20-21,24H,11-19H2,1H3,(H,32,35). The first-order chi connectivity index (χ1) is 18.1. The first-order valence-electron chi connectivity index (χ1n) is 13.1. The third-order valence-electron chi connectivity index (χ3n) is 7.35. The maximum absolute atomic E-state index is 13.3. The van der Waals surface area contributed by atoms with E-state index in [0.29, 0.717) is 35.9 Å². The summed E-state index contributed by atoms with van der Waals surface area (Å²) in [5, 5.41) is 2.97. The van der Waals surface area contributed by atoms with Crippen LogP contribution in [0.1, 0.15) is 44.7 Å². The minimum Gasteiger partial charge on any atom is -0.378 e. The first-order valence-corrected chi connectivity index (χ1v) is 13.1. The molecule has 7 nitrogen and oxygen atoms in total. The zero-order valence-electron chi connectivity index (χ0n) is 21.4. The van der Waals surface area contributed by atoms with Gasteiger partial charge < -0.3 is 19.9 Å². The maximum atomic E-state index is 13.3. The molecule has 0 radical (unpaired) electrons. The van der Waals surface area contributed by atoms with Crippen LogP contribution in [-0.4, -0.2) is 61.1 Å². The highest BCUT2D eigenvalue weighted by Gasteiger charge is 2.24. The van der Waals surface area contributed by atoms with Crippen LogP contribution in [0, 0.1) is 12.8 Å².